The van der Waals surface area contributed by atoms with E-state index < -0.39 is 0 Å². The van der Waals surface area contributed by atoms with E-state index in [0.29, 0.717) is 19.6 Å². The number of hydrogen-bond donors (Lipinski definition) is 1. The Morgan fingerprint density at radius 1 is 1.10 bits per heavy atom. The summed E-state index contributed by atoms with van der Waals surface area (Å²) in [5.41, 5.74) is 3.81. The highest BCUT2D eigenvalue weighted by molar-refractivity contribution is 5.89. The molecule has 4 nitrogen and oxygen atoms in total. The molecule has 0 bridgehead atoms. The molecule has 152 valence electrons. The summed E-state index contributed by atoms with van der Waals surface area (Å²) in [4.78, 5) is 14.8. The van der Waals surface area contributed by atoms with Crippen LogP contribution < -0.4 is 5.32 Å². The van der Waals surface area contributed by atoms with Gasteiger partial charge in [-0.1, -0.05) is 37.6 Å². The van der Waals surface area contributed by atoms with Gasteiger partial charge in [0.1, 0.15) is 5.82 Å². The SMILES string of the molecule is CCCCN(Cc1cccn1Cc1cccc(F)c1)C(=O)Nc1cccc(C)c1. The lowest BCUT2D eigenvalue weighted by Crippen LogP contribution is -2.36. The second-order valence-corrected chi connectivity index (χ2v) is 7.33. The van der Waals surface area contributed by atoms with Crippen LogP contribution in [0.4, 0.5) is 14.9 Å². The van der Waals surface area contributed by atoms with E-state index >= 15 is 0 Å². The van der Waals surface area contributed by atoms with Gasteiger partial charge in [0.2, 0.25) is 0 Å². The Morgan fingerprint density at radius 3 is 2.69 bits per heavy atom. The van der Waals surface area contributed by atoms with Gasteiger partial charge in [0, 0.05) is 30.7 Å². The first-order valence-corrected chi connectivity index (χ1v) is 10.1. The standard InChI is InChI=1S/C24H28FN3O/c1-3-4-13-28(24(29)26-22-11-5-8-19(2)15-22)18-23-12-7-14-27(23)17-20-9-6-10-21(25)16-20/h5-12,14-16H,3-4,13,17-18H2,1-2H3,(H,26,29). The van der Waals surface area contributed by atoms with Crippen LogP contribution in [-0.4, -0.2) is 22.0 Å². The van der Waals surface area contributed by atoms with Crippen LogP contribution in [0.5, 0.6) is 0 Å². The quantitative estimate of drug-likeness (QED) is 0.514. The fourth-order valence-electron chi connectivity index (χ4n) is 3.30. The highest BCUT2D eigenvalue weighted by atomic mass is 19.1. The van der Waals surface area contributed by atoms with E-state index in [9.17, 15) is 9.18 Å². The van der Waals surface area contributed by atoms with Crippen LogP contribution in [0, 0.1) is 12.7 Å². The van der Waals surface area contributed by atoms with Gasteiger partial charge in [-0.15, -0.1) is 0 Å². The Kier molecular flexibility index (Phi) is 7.06. The third kappa shape index (κ3) is 5.95. The highest BCUT2D eigenvalue weighted by Gasteiger charge is 2.16. The van der Waals surface area contributed by atoms with E-state index in [0.717, 1.165) is 35.3 Å². The minimum absolute atomic E-state index is 0.109. The number of anilines is 1. The normalized spacial score (nSPS) is 10.7. The van der Waals surface area contributed by atoms with Crippen molar-refractivity contribution in [1.82, 2.24) is 9.47 Å². The smallest absolute Gasteiger partial charge is 0.322 e. The number of unbranched alkanes of at least 4 members (excludes halogenated alkanes) is 1. The van der Waals surface area contributed by atoms with Crippen LogP contribution in [-0.2, 0) is 13.1 Å². The minimum atomic E-state index is -0.238. The third-order valence-electron chi connectivity index (χ3n) is 4.86. The lowest BCUT2D eigenvalue weighted by Gasteiger charge is -2.24. The van der Waals surface area contributed by atoms with Gasteiger partial charge < -0.3 is 14.8 Å². The van der Waals surface area contributed by atoms with Crippen molar-refractivity contribution in [3.63, 3.8) is 0 Å². The largest absolute Gasteiger partial charge is 0.345 e. The average Bonchev–Trinajstić information content (AvgIpc) is 3.11. The number of aryl methyl sites for hydroxylation is 1. The molecule has 5 heteroatoms. The molecule has 0 fully saturated rings. The fourth-order valence-corrected chi connectivity index (χ4v) is 3.30. The minimum Gasteiger partial charge on any atom is -0.345 e. The summed E-state index contributed by atoms with van der Waals surface area (Å²) in [6.07, 6.45) is 3.92. The Hall–Kier alpha value is -3.08. The number of hydrogen-bond acceptors (Lipinski definition) is 1. The summed E-state index contributed by atoms with van der Waals surface area (Å²) in [5, 5.41) is 3.01. The number of benzene rings is 2. The maximum absolute atomic E-state index is 13.5. The zero-order valence-corrected chi connectivity index (χ0v) is 17.1. The van der Waals surface area contributed by atoms with E-state index in [1.54, 1.807) is 12.1 Å². The maximum Gasteiger partial charge on any atom is 0.322 e. The summed E-state index contributed by atoms with van der Waals surface area (Å²) in [7, 11) is 0. The molecule has 0 aliphatic heterocycles. The molecule has 2 amide bonds. The Balaban J connectivity index is 1.73. The molecule has 1 N–H and O–H groups in total. The van der Waals surface area contributed by atoms with E-state index in [1.165, 1.54) is 6.07 Å². The summed E-state index contributed by atoms with van der Waals surface area (Å²) in [6, 6.07) is 18.3. The van der Waals surface area contributed by atoms with Gasteiger partial charge in [-0.3, -0.25) is 0 Å². The average molecular weight is 394 g/mol. The zero-order valence-electron chi connectivity index (χ0n) is 17.1. The van der Waals surface area contributed by atoms with E-state index in [-0.39, 0.29) is 11.8 Å². The number of urea groups is 1. The van der Waals surface area contributed by atoms with Crippen molar-refractivity contribution in [2.45, 2.75) is 39.8 Å². The van der Waals surface area contributed by atoms with Gasteiger partial charge in [-0.05, 0) is 60.9 Å². The molecule has 0 unspecified atom stereocenters. The molecule has 1 heterocycles. The summed E-state index contributed by atoms with van der Waals surface area (Å²) in [6.45, 7) is 5.87. The number of amides is 2. The molecule has 0 spiro atoms. The monoisotopic (exact) mass is 393 g/mol. The van der Waals surface area contributed by atoms with Crippen molar-refractivity contribution in [3.8, 4) is 0 Å². The molecule has 3 aromatic rings. The van der Waals surface area contributed by atoms with Crippen molar-refractivity contribution in [1.29, 1.82) is 0 Å². The second-order valence-electron chi connectivity index (χ2n) is 7.33. The van der Waals surface area contributed by atoms with E-state index in [4.69, 9.17) is 0 Å². The summed E-state index contributed by atoms with van der Waals surface area (Å²) < 4.78 is 15.6. The topological polar surface area (TPSA) is 37.3 Å². The molecule has 0 saturated carbocycles. The van der Waals surface area contributed by atoms with Crippen LogP contribution >= 0.6 is 0 Å². The van der Waals surface area contributed by atoms with Gasteiger partial charge in [-0.2, -0.15) is 0 Å². The first-order valence-electron chi connectivity index (χ1n) is 10.1. The molecular weight excluding hydrogens is 365 g/mol. The van der Waals surface area contributed by atoms with Gasteiger partial charge in [0.15, 0.2) is 0 Å². The van der Waals surface area contributed by atoms with Crippen molar-refractivity contribution < 1.29 is 9.18 Å². The number of nitrogens with one attached hydrogen (secondary N) is 1. The van der Waals surface area contributed by atoms with Crippen LogP contribution in [0.15, 0.2) is 66.9 Å². The van der Waals surface area contributed by atoms with Gasteiger partial charge in [0.05, 0.1) is 6.54 Å². The molecule has 2 aromatic carbocycles. The maximum atomic E-state index is 13.5. The molecule has 3 rings (SSSR count). The molecule has 0 aliphatic rings. The molecule has 0 atom stereocenters. The summed E-state index contributed by atoms with van der Waals surface area (Å²) >= 11 is 0. The fraction of sp³-hybridized carbons (Fsp3) is 0.292. The van der Waals surface area contributed by atoms with Gasteiger partial charge in [0.25, 0.3) is 0 Å². The molecule has 1 aromatic heterocycles. The Labute approximate surface area is 172 Å². The molecular formula is C24H28FN3O. The Morgan fingerprint density at radius 2 is 1.93 bits per heavy atom. The zero-order chi connectivity index (χ0) is 20.6. The molecule has 0 radical (unpaired) electrons. The third-order valence-corrected chi connectivity index (χ3v) is 4.86. The molecule has 0 aliphatic carbocycles. The van der Waals surface area contributed by atoms with Crippen molar-refractivity contribution in [2.24, 2.45) is 0 Å². The lowest BCUT2D eigenvalue weighted by molar-refractivity contribution is 0.207. The van der Waals surface area contributed by atoms with E-state index in [1.807, 2.05) is 60.5 Å². The number of nitrogens with zero attached hydrogens (tertiary/aromatic N) is 2. The first-order chi connectivity index (χ1) is 14.0. The molecule has 29 heavy (non-hydrogen) atoms. The van der Waals surface area contributed by atoms with Crippen LogP contribution in [0.25, 0.3) is 0 Å². The first kappa shape index (κ1) is 20.6. The van der Waals surface area contributed by atoms with Gasteiger partial charge in [-0.25, -0.2) is 9.18 Å². The van der Waals surface area contributed by atoms with Gasteiger partial charge >= 0.3 is 6.03 Å². The molecule has 0 saturated heterocycles. The van der Waals surface area contributed by atoms with Crippen LogP contribution in [0.2, 0.25) is 0 Å². The predicted octanol–water partition coefficient (Wildman–Crippen LogP) is 5.82. The van der Waals surface area contributed by atoms with Crippen molar-refractivity contribution >= 4 is 11.7 Å². The highest BCUT2D eigenvalue weighted by Crippen LogP contribution is 2.15. The number of carbonyl (C=O) groups is 1. The summed E-state index contributed by atoms with van der Waals surface area (Å²) in [5.74, 6) is -0.238. The number of carbonyl (C=O) groups excluding carboxylic acids is 1. The lowest BCUT2D eigenvalue weighted by atomic mass is 10.2. The van der Waals surface area contributed by atoms with E-state index in [2.05, 4.69) is 16.8 Å². The predicted molar refractivity (Wildman–Crippen MR) is 115 cm³/mol. The van der Waals surface area contributed by atoms with Crippen molar-refractivity contribution in [2.75, 3.05) is 11.9 Å². The number of rotatable bonds is 8. The number of aromatic nitrogens is 1. The second kappa shape index (κ2) is 9.92. The van der Waals surface area contributed by atoms with Crippen LogP contribution in [0.1, 0.15) is 36.6 Å². The van der Waals surface area contributed by atoms with Crippen LogP contribution in [0.3, 0.4) is 0 Å². The van der Waals surface area contributed by atoms with Crippen molar-refractivity contribution in [3.05, 3.63) is 89.5 Å². The Bertz CT molecular complexity index is 951. The number of halogens is 1.